The maximum Gasteiger partial charge on any atom is 0.137 e. The van der Waals surface area contributed by atoms with Gasteiger partial charge in [-0.2, -0.15) is 0 Å². The molecule has 0 unspecified atom stereocenters. The van der Waals surface area contributed by atoms with Crippen LogP contribution in [-0.2, 0) is 4.74 Å². The average Bonchev–Trinajstić information content (AvgIpc) is 2.88. The third-order valence-corrected chi connectivity index (χ3v) is 6.57. The molecule has 2 aliphatic heterocycles. The number of nitrogens with zero attached hydrogens (tertiary/aromatic N) is 4. The Balaban J connectivity index is 1.37. The van der Waals surface area contributed by atoms with Gasteiger partial charge in [-0.15, -0.1) is 0 Å². The summed E-state index contributed by atoms with van der Waals surface area (Å²) in [7, 11) is 0. The third-order valence-electron chi connectivity index (χ3n) is 6.57. The lowest BCUT2D eigenvalue weighted by atomic mass is 10.1. The molecule has 166 valence electrons. The Morgan fingerprint density at radius 1 is 0.844 bits per heavy atom. The van der Waals surface area contributed by atoms with Crippen molar-refractivity contribution in [3.63, 3.8) is 0 Å². The molecule has 3 aromatic rings. The lowest BCUT2D eigenvalue weighted by Crippen LogP contribution is -2.46. The zero-order chi connectivity index (χ0) is 21.8. The van der Waals surface area contributed by atoms with E-state index in [1.54, 1.807) is 0 Å². The van der Waals surface area contributed by atoms with Gasteiger partial charge in [-0.1, -0.05) is 49.4 Å². The topological polar surface area (TPSA) is 31.8 Å². The van der Waals surface area contributed by atoms with E-state index in [0.717, 1.165) is 70.5 Å². The highest BCUT2D eigenvalue weighted by Gasteiger charge is 2.19. The summed E-state index contributed by atoms with van der Waals surface area (Å²) >= 11 is 0. The van der Waals surface area contributed by atoms with Crippen molar-refractivity contribution < 1.29 is 4.74 Å². The number of pyridine rings is 1. The van der Waals surface area contributed by atoms with Crippen molar-refractivity contribution in [2.24, 2.45) is 0 Å². The molecule has 0 spiro atoms. The summed E-state index contributed by atoms with van der Waals surface area (Å²) in [5, 5.41) is 2.49. The molecule has 5 heteroatoms. The van der Waals surface area contributed by atoms with Crippen molar-refractivity contribution in [2.45, 2.75) is 6.92 Å². The van der Waals surface area contributed by atoms with Crippen molar-refractivity contribution in [3.8, 4) is 0 Å². The van der Waals surface area contributed by atoms with Crippen LogP contribution < -0.4 is 9.80 Å². The lowest BCUT2D eigenvalue weighted by molar-refractivity contribution is 0.122. The van der Waals surface area contributed by atoms with Crippen LogP contribution in [0.2, 0.25) is 0 Å². The predicted octanol–water partition coefficient (Wildman–Crippen LogP) is 4.38. The van der Waals surface area contributed by atoms with E-state index >= 15 is 0 Å². The van der Waals surface area contributed by atoms with Gasteiger partial charge in [0, 0.05) is 50.3 Å². The molecule has 0 N–H and O–H groups in total. The molecular weight excluding hydrogens is 396 g/mol. The number of likely N-dealkylation sites (N-methyl/N-ethyl adjacent to an activating group) is 1. The van der Waals surface area contributed by atoms with Crippen molar-refractivity contribution in [2.75, 3.05) is 68.8 Å². The summed E-state index contributed by atoms with van der Waals surface area (Å²) in [6.07, 6.45) is 4.31. The summed E-state index contributed by atoms with van der Waals surface area (Å²) in [5.74, 6) is 1.11. The van der Waals surface area contributed by atoms with Gasteiger partial charge < -0.3 is 19.4 Å². The third kappa shape index (κ3) is 4.64. The SMILES string of the molecule is CCN1CCN(c2nc(/C=C/c3ccc(N4CCOCC4)cc3)cc3ccccc23)CC1. The summed E-state index contributed by atoms with van der Waals surface area (Å²) < 4.78 is 5.46. The van der Waals surface area contributed by atoms with E-state index in [0.29, 0.717) is 0 Å². The quantitative estimate of drug-likeness (QED) is 0.602. The maximum absolute atomic E-state index is 5.46. The summed E-state index contributed by atoms with van der Waals surface area (Å²) in [6.45, 7) is 11.2. The standard InChI is InChI=1S/C27H32N4O/c1-2-29-13-15-31(16-14-29)27-26-6-4-3-5-23(26)21-24(28-27)10-7-22-8-11-25(12-9-22)30-17-19-32-20-18-30/h3-12,21H,2,13-20H2,1H3/b10-7+. The summed E-state index contributed by atoms with van der Waals surface area (Å²) in [4.78, 5) is 12.4. The van der Waals surface area contributed by atoms with Crippen molar-refractivity contribution >= 4 is 34.4 Å². The number of anilines is 2. The second-order valence-electron chi connectivity index (χ2n) is 8.54. The van der Waals surface area contributed by atoms with E-state index < -0.39 is 0 Å². The number of hydrogen-bond acceptors (Lipinski definition) is 5. The molecule has 0 saturated carbocycles. The first kappa shape index (κ1) is 21.0. The zero-order valence-electron chi connectivity index (χ0n) is 18.9. The number of fused-ring (bicyclic) bond motifs is 1. The number of aromatic nitrogens is 1. The number of hydrogen-bond donors (Lipinski definition) is 0. The van der Waals surface area contributed by atoms with Crippen LogP contribution in [0.5, 0.6) is 0 Å². The second kappa shape index (κ2) is 9.72. The highest BCUT2D eigenvalue weighted by atomic mass is 16.5. The fourth-order valence-electron chi connectivity index (χ4n) is 4.60. The number of morpholine rings is 1. The second-order valence-corrected chi connectivity index (χ2v) is 8.54. The first-order chi connectivity index (χ1) is 15.8. The van der Waals surface area contributed by atoms with Crippen molar-refractivity contribution in [1.29, 1.82) is 0 Å². The van der Waals surface area contributed by atoms with Crippen LogP contribution in [0.4, 0.5) is 11.5 Å². The fraction of sp³-hybridized carbons (Fsp3) is 0.370. The number of piperazine rings is 1. The minimum atomic E-state index is 0.811. The van der Waals surface area contributed by atoms with Gasteiger partial charge in [0.15, 0.2) is 0 Å². The molecule has 3 heterocycles. The Kier molecular flexibility index (Phi) is 6.37. The van der Waals surface area contributed by atoms with Gasteiger partial charge in [-0.25, -0.2) is 4.98 Å². The van der Waals surface area contributed by atoms with Crippen LogP contribution in [0.15, 0.2) is 54.6 Å². The molecule has 2 fully saturated rings. The predicted molar refractivity (Wildman–Crippen MR) is 134 cm³/mol. The van der Waals surface area contributed by atoms with E-state index in [4.69, 9.17) is 9.72 Å². The van der Waals surface area contributed by atoms with Crippen molar-refractivity contribution in [1.82, 2.24) is 9.88 Å². The van der Waals surface area contributed by atoms with Crippen LogP contribution >= 0.6 is 0 Å². The first-order valence-electron chi connectivity index (χ1n) is 11.8. The molecule has 0 radical (unpaired) electrons. The van der Waals surface area contributed by atoms with Gasteiger partial charge in [-0.3, -0.25) is 0 Å². The molecule has 0 atom stereocenters. The molecule has 5 nitrogen and oxygen atoms in total. The van der Waals surface area contributed by atoms with Crippen LogP contribution in [0.25, 0.3) is 22.9 Å². The molecule has 2 aromatic carbocycles. The number of ether oxygens (including phenoxy) is 1. The average molecular weight is 429 g/mol. The largest absolute Gasteiger partial charge is 0.378 e. The van der Waals surface area contributed by atoms with E-state index in [-0.39, 0.29) is 0 Å². The van der Waals surface area contributed by atoms with Gasteiger partial charge in [0.05, 0.1) is 18.9 Å². The monoisotopic (exact) mass is 428 g/mol. The highest BCUT2D eigenvalue weighted by molar-refractivity contribution is 5.94. The Morgan fingerprint density at radius 3 is 2.34 bits per heavy atom. The lowest BCUT2D eigenvalue weighted by Gasteiger charge is -2.35. The molecule has 2 aliphatic rings. The molecule has 32 heavy (non-hydrogen) atoms. The van der Waals surface area contributed by atoms with E-state index in [2.05, 4.69) is 88.4 Å². The smallest absolute Gasteiger partial charge is 0.137 e. The maximum atomic E-state index is 5.46. The summed E-state index contributed by atoms with van der Waals surface area (Å²) in [6, 6.07) is 19.6. The highest BCUT2D eigenvalue weighted by Crippen LogP contribution is 2.27. The first-order valence-corrected chi connectivity index (χ1v) is 11.8. The van der Waals surface area contributed by atoms with E-state index in [1.807, 2.05) is 0 Å². The van der Waals surface area contributed by atoms with Gasteiger partial charge in [0.2, 0.25) is 0 Å². The minimum absolute atomic E-state index is 0.811. The van der Waals surface area contributed by atoms with Crippen molar-refractivity contribution in [3.05, 3.63) is 65.9 Å². The normalized spacial score (nSPS) is 18.0. The molecular formula is C27H32N4O. The summed E-state index contributed by atoms with van der Waals surface area (Å²) in [5.41, 5.74) is 3.46. The molecule has 0 aliphatic carbocycles. The minimum Gasteiger partial charge on any atom is -0.378 e. The Bertz CT molecular complexity index is 1060. The van der Waals surface area contributed by atoms with Gasteiger partial charge in [-0.05, 0) is 41.8 Å². The van der Waals surface area contributed by atoms with E-state index in [9.17, 15) is 0 Å². The van der Waals surface area contributed by atoms with E-state index in [1.165, 1.54) is 22.0 Å². The van der Waals surface area contributed by atoms with Crippen LogP contribution in [0.1, 0.15) is 18.2 Å². The molecule has 1 aromatic heterocycles. The Labute approximate surface area is 190 Å². The van der Waals surface area contributed by atoms with Gasteiger partial charge in [0.1, 0.15) is 5.82 Å². The number of rotatable bonds is 5. The number of benzene rings is 2. The Morgan fingerprint density at radius 2 is 1.59 bits per heavy atom. The van der Waals surface area contributed by atoms with Crippen LogP contribution in [0, 0.1) is 0 Å². The van der Waals surface area contributed by atoms with Crippen LogP contribution in [-0.4, -0.2) is 68.9 Å². The molecule has 2 saturated heterocycles. The molecule has 5 rings (SSSR count). The molecule has 0 bridgehead atoms. The van der Waals surface area contributed by atoms with Gasteiger partial charge in [0.25, 0.3) is 0 Å². The molecule has 0 amide bonds. The zero-order valence-corrected chi connectivity index (χ0v) is 18.9. The fourth-order valence-corrected chi connectivity index (χ4v) is 4.60. The Hall–Kier alpha value is -2.89. The van der Waals surface area contributed by atoms with Gasteiger partial charge >= 0.3 is 0 Å². The van der Waals surface area contributed by atoms with Crippen LogP contribution in [0.3, 0.4) is 0 Å².